The number of benzene rings is 2. The summed E-state index contributed by atoms with van der Waals surface area (Å²) in [5, 5.41) is 16.8. The van der Waals surface area contributed by atoms with Crippen molar-refractivity contribution in [1.82, 2.24) is 24.5 Å². The first-order valence-electron chi connectivity index (χ1n) is 10.1. The van der Waals surface area contributed by atoms with Crippen molar-refractivity contribution in [3.63, 3.8) is 0 Å². The number of thioether (sulfide) groups is 1. The highest BCUT2D eigenvalue weighted by molar-refractivity contribution is 7.99. The molecule has 32 heavy (non-hydrogen) atoms. The molecule has 4 aromatic rings. The van der Waals surface area contributed by atoms with E-state index in [1.807, 2.05) is 84.7 Å². The van der Waals surface area contributed by atoms with Gasteiger partial charge < -0.3 is 14.6 Å². The lowest BCUT2D eigenvalue weighted by Gasteiger charge is -2.07. The molecule has 1 amide bonds. The van der Waals surface area contributed by atoms with E-state index in [4.69, 9.17) is 4.74 Å². The first-order chi connectivity index (χ1) is 15.5. The van der Waals surface area contributed by atoms with E-state index in [2.05, 4.69) is 20.6 Å². The molecule has 4 rings (SSSR count). The van der Waals surface area contributed by atoms with Crippen molar-refractivity contribution in [2.75, 3.05) is 18.2 Å². The first kappa shape index (κ1) is 21.6. The molecule has 2 aromatic carbocycles. The van der Waals surface area contributed by atoms with Gasteiger partial charge in [-0.25, -0.2) is 4.68 Å². The lowest BCUT2D eigenvalue weighted by Crippen LogP contribution is -2.15. The van der Waals surface area contributed by atoms with Crippen molar-refractivity contribution >= 4 is 23.4 Å². The molecule has 164 valence electrons. The molecule has 0 radical (unpaired) electrons. The van der Waals surface area contributed by atoms with Gasteiger partial charge in [-0.2, -0.15) is 5.10 Å². The van der Waals surface area contributed by atoms with Gasteiger partial charge in [0.1, 0.15) is 5.75 Å². The summed E-state index contributed by atoms with van der Waals surface area (Å²) in [6.45, 7) is 3.83. The molecular weight excluding hydrogens is 424 g/mol. The van der Waals surface area contributed by atoms with Crippen LogP contribution in [0.2, 0.25) is 0 Å². The molecule has 2 aromatic heterocycles. The Balaban J connectivity index is 1.44. The normalized spacial score (nSPS) is 10.9. The van der Waals surface area contributed by atoms with E-state index in [0.29, 0.717) is 11.0 Å². The number of ether oxygens (including phenoxy) is 1. The van der Waals surface area contributed by atoms with Crippen molar-refractivity contribution in [2.24, 2.45) is 7.05 Å². The Morgan fingerprint density at radius 2 is 1.88 bits per heavy atom. The Hall–Kier alpha value is -3.59. The average Bonchev–Trinajstić information content (AvgIpc) is 3.32. The van der Waals surface area contributed by atoms with Crippen LogP contribution in [0.5, 0.6) is 5.75 Å². The van der Waals surface area contributed by atoms with Crippen LogP contribution < -0.4 is 10.1 Å². The molecule has 1 N–H and O–H groups in total. The minimum absolute atomic E-state index is 0.125. The van der Waals surface area contributed by atoms with Crippen molar-refractivity contribution in [3.05, 3.63) is 66.0 Å². The van der Waals surface area contributed by atoms with Gasteiger partial charge in [0.05, 0.1) is 35.6 Å². The Morgan fingerprint density at radius 3 is 2.62 bits per heavy atom. The minimum atomic E-state index is -0.125. The van der Waals surface area contributed by atoms with Gasteiger partial charge >= 0.3 is 0 Å². The van der Waals surface area contributed by atoms with Gasteiger partial charge in [0.2, 0.25) is 5.91 Å². The Morgan fingerprint density at radius 1 is 1.09 bits per heavy atom. The summed E-state index contributed by atoms with van der Waals surface area (Å²) in [7, 11) is 3.51. The van der Waals surface area contributed by atoms with Gasteiger partial charge in [0.15, 0.2) is 11.0 Å². The zero-order chi connectivity index (χ0) is 22.7. The zero-order valence-corrected chi connectivity index (χ0v) is 19.2. The van der Waals surface area contributed by atoms with Crippen LogP contribution in [0.4, 0.5) is 5.69 Å². The first-order valence-corrected chi connectivity index (χ1v) is 11.0. The third-order valence-corrected chi connectivity index (χ3v) is 6.07. The van der Waals surface area contributed by atoms with Crippen LogP contribution in [0.15, 0.2) is 59.8 Å². The molecule has 0 fully saturated rings. The number of carbonyl (C=O) groups excluding carboxylic acids is 1. The van der Waals surface area contributed by atoms with E-state index in [9.17, 15) is 4.79 Å². The largest absolute Gasteiger partial charge is 0.497 e. The second-order valence-corrected chi connectivity index (χ2v) is 8.17. The number of anilines is 1. The van der Waals surface area contributed by atoms with Crippen LogP contribution in [0.25, 0.3) is 17.1 Å². The number of methoxy groups -OCH3 is 1. The number of hydrogen-bond donors (Lipinski definition) is 1. The number of carbonyl (C=O) groups is 1. The second-order valence-electron chi connectivity index (χ2n) is 7.23. The molecule has 0 unspecified atom stereocenters. The lowest BCUT2D eigenvalue weighted by atomic mass is 10.2. The van der Waals surface area contributed by atoms with Crippen LogP contribution >= 0.6 is 11.8 Å². The molecular formula is C23H24N6O2S. The molecule has 0 saturated heterocycles. The Bertz CT molecular complexity index is 1250. The van der Waals surface area contributed by atoms with Crippen LogP contribution in [-0.4, -0.2) is 43.3 Å². The molecule has 9 heteroatoms. The third kappa shape index (κ3) is 4.38. The number of nitrogens with zero attached hydrogens (tertiary/aromatic N) is 5. The van der Waals surface area contributed by atoms with Crippen molar-refractivity contribution in [2.45, 2.75) is 19.0 Å². The standard InChI is InChI=1S/C23H24N6O2S/c1-15-21(16(2)29(27-15)18-10-6-5-7-11-18)24-20(30)14-32-23-26-25-22(28(23)3)17-9-8-12-19(13-17)31-4/h5-13H,14H2,1-4H3,(H,24,30). The fourth-order valence-electron chi connectivity index (χ4n) is 3.40. The van der Waals surface area contributed by atoms with Gasteiger partial charge in [0.25, 0.3) is 0 Å². The summed E-state index contributed by atoms with van der Waals surface area (Å²) in [5.41, 5.74) is 4.23. The summed E-state index contributed by atoms with van der Waals surface area (Å²) in [4.78, 5) is 12.7. The van der Waals surface area contributed by atoms with Gasteiger partial charge in [-0.15, -0.1) is 10.2 Å². The molecule has 0 bridgehead atoms. The predicted octanol–water partition coefficient (Wildman–Crippen LogP) is 4.02. The number of amides is 1. The van der Waals surface area contributed by atoms with E-state index >= 15 is 0 Å². The molecule has 0 aliphatic rings. The van der Waals surface area contributed by atoms with Crippen LogP contribution in [0, 0.1) is 13.8 Å². The van der Waals surface area contributed by atoms with E-state index in [1.165, 1.54) is 11.8 Å². The maximum absolute atomic E-state index is 12.7. The summed E-state index contributed by atoms with van der Waals surface area (Å²) < 4.78 is 8.99. The van der Waals surface area contributed by atoms with E-state index in [0.717, 1.165) is 34.1 Å². The zero-order valence-electron chi connectivity index (χ0n) is 18.4. The molecule has 8 nitrogen and oxygen atoms in total. The van der Waals surface area contributed by atoms with E-state index in [1.54, 1.807) is 7.11 Å². The third-order valence-electron chi connectivity index (χ3n) is 5.05. The second kappa shape index (κ2) is 9.27. The van der Waals surface area contributed by atoms with E-state index < -0.39 is 0 Å². The molecule has 0 aliphatic carbocycles. The summed E-state index contributed by atoms with van der Waals surface area (Å²) >= 11 is 1.33. The number of aromatic nitrogens is 5. The molecule has 0 spiro atoms. The van der Waals surface area contributed by atoms with Gasteiger partial charge in [0, 0.05) is 12.6 Å². The molecule has 0 saturated carbocycles. The monoisotopic (exact) mass is 448 g/mol. The molecule has 0 aliphatic heterocycles. The van der Waals surface area contributed by atoms with Crippen molar-refractivity contribution in [1.29, 1.82) is 0 Å². The highest BCUT2D eigenvalue weighted by Gasteiger charge is 2.17. The number of nitrogens with one attached hydrogen (secondary N) is 1. The van der Waals surface area contributed by atoms with Gasteiger partial charge in [-0.3, -0.25) is 4.79 Å². The SMILES string of the molecule is COc1cccc(-c2nnc(SCC(=O)Nc3c(C)nn(-c4ccccc4)c3C)n2C)c1. The lowest BCUT2D eigenvalue weighted by molar-refractivity contribution is -0.113. The Kier molecular flexibility index (Phi) is 6.27. The van der Waals surface area contributed by atoms with Crippen molar-refractivity contribution in [3.8, 4) is 22.8 Å². The van der Waals surface area contributed by atoms with E-state index in [-0.39, 0.29) is 11.7 Å². The van der Waals surface area contributed by atoms with Gasteiger partial charge in [-0.1, -0.05) is 42.1 Å². The quantitative estimate of drug-likeness (QED) is 0.430. The van der Waals surface area contributed by atoms with Crippen LogP contribution in [0.3, 0.4) is 0 Å². The number of aryl methyl sites for hydroxylation is 1. The minimum Gasteiger partial charge on any atom is -0.497 e. The number of rotatable bonds is 7. The molecule has 2 heterocycles. The maximum atomic E-state index is 12.7. The fraction of sp³-hybridized carbons (Fsp3) is 0.217. The predicted molar refractivity (Wildman–Crippen MR) is 125 cm³/mol. The summed E-state index contributed by atoms with van der Waals surface area (Å²) in [5.74, 6) is 1.54. The number of para-hydroxylation sites is 1. The summed E-state index contributed by atoms with van der Waals surface area (Å²) in [6, 6.07) is 17.5. The highest BCUT2D eigenvalue weighted by atomic mass is 32.2. The van der Waals surface area contributed by atoms with Crippen LogP contribution in [0.1, 0.15) is 11.4 Å². The number of hydrogen-bond acceptors (Lipinski definition) is 6. The molecule has 0 atom stereocenters. The fourth-order valence-corrected chi connectivity index (χ4v) is 4.11. The smallest absolute Gasteiger partial charge is 0.234 e. The highest BCUT2D eigenvalue weighted by Crippen LogP contribution is 2.26. The van der Waals surface area contributed by atoms with Crippen molar-refractivity contribution < 1.29 is 9.53 Å². The average molecular weight is 449 g/mol. The van der Waals surface area contributed by atoms with Crippen LogP contribution in [-0.2, 0) is 11.8 Å². The Labute approximate surface area is 190 Å². The summed E-state index contributed by atoms with van der Waals surface area (Å²) in [6.07, 6.45) is 0. The maximum Gasteiger partial charge on any atom is 0.234 e. The van der Waals surface area contributed by atoms with Gasteiger partial charge in [-0.05, 0) is 38.1 Å². The topological polar surface area (TPSA) is 86.9 Å².